The summed E-state index contributed by atoms with van der Waals surface area (Å²) in [7, 11) is 0. The average molecular weight is 545 g/mol. The highest BCUT2D eigenvalue weighted by Gasteiger charge is 2.43. The SMILES string of the molecule is CC1C[C@](O)(c2ncc(-c3cc(Nc4nccc(C(F)(F)F)n4)cc(-c4cn[nH]c4)c3)s2)CCC1C(=O)O. The molecule has 3 atom stereocenters. The lowest BCUT2D eigenvalue weighted by atomic mass is 9.72. The highest BCUT2D eigenvalue weighted by molar-refractivity contribution is 7.15. The number of carboxylic acids is 1. The monoisotopic (exact) mass is 544 g/mol. The number of carboxylic acid groups (broad SMARTS) is 1. The van der Waals surface area contributed by atoms with Gasteiger partial charge in [0.15, 0.2) is 0 Å². The molecule has 4 aromatic rings. The molecule has 0 radical (unpaired) electrons. The minimum absolute atomic E-state index is 0.210. The third-order valence-electron chi connectivity index (χ3n) is 6.69. The molecule has 9 nitrogen and oxygen atoms in total. The van der Waals surface area contributed by atoms with Crippen LogP contribution >= 0.6 is 11.3 Å². The zero-order valence-electron chi connectivity index (χ0n) is 20.0. The molecule has 0 aliphatic heterocycles. The summed E-state index contributed by atoms with van der Waals surface area (Å²) in [4.78, 5) is 24.2. The number of benzene rings is 1. The summed E-state index contributed by atoms with van der Waals surface area (Å²) in [5.74, 6) is -1.79. The molecule has 5 rings (SSSR count). The molecule has 38 heavy (non-hydrogen) atoms. The summed E-state index contributed by atoms with van der Waals surface area (Å²) in [6, 6.07) is 6.15. The summed E-state index contributed by atoms with van der Waals surface area (Å²) in [6.45, 7) is 1.82. The molecule has 2 unspecified atom stereocenters. The molecule has 0 saturated heterocycles. The Labute approximate surface area is 218 Å². The van der Waals surface area contributed by atoms with Crippen LogP contribution in [0.2, 0.25) is 0 Å². The second-order valence-electron chi connectivity index (χ2n) is 9.40. The van der Waals surface area contributed by atoms with E-state index < -0.39 is 29.4 Å². The number of aromatic amines is 1. The number of aliphatic carboxylic acids is 1. The fourth-order valence-electron chi connectivity index (χ4n) is 4.76. The summed E-state index contributed by atoms with van der Waals surface area (Å²) in [6.07, 6.45) is 2.29. The number of halogens is 3. The lowest BCUT2D eigenvalue weighted by Gasteiger charge is -2.37. The van der Waals surface area contributed by atoms with Gasteiger partial charge in [0, 0.05) is 29.8 Å². The molecular weight excluding hydrogens is 521 g/mol. The van der Waals surface area contributed by atoms with Crippen LogP contribution in [0.1, 0.15) is 36.9 Å². The van der Waals surface area contributed by atoms with E-state index in [1.807, 2.05) is 13.0 Å². The Morgan fingerprint density at radius 2 is 1.97 bits per heavy atom. The molecule has 1 fully saturated rings. The van der Waals surface area contributed by atoms with Crippen LogP contribution < -0.4 is 5.32 Å². The fourth-order valence-corrected chi connectivity index (χ4v) is 5.79. The Bertz CT molecular complexity index is 1460. The molecule has 1 aliphatic carbocycles. The number of aromatic nitrogens is 5. The van der Waals surface area contributed by atoms with Crippen molar-refractivity contribution in [3.8, 4) is 21.6 Å². The maximum atomic E-state index is 13.1. The number of alkyl halides is 3. The quantitative estimate of drug-likeness (QED) is 0.251. The first-order valence-corrected chi connectivity index (χ1v) is 12.6. The summed E-state index contributed by atoms with van der Waals surface area (Å²) >= 11 is 1.29. The topological polar surface area (TPSA) is 137 Å². The van der Waals surface area contributed by atoms with Gasteiger partial charge in [0.1, 0.15) is 16.3 Å². The van der Waals surface area contributed by atoms with Crippen LogP contribution in [0.15, 0.2) is 49.1 Å². The van der Waals surface area contributed by atoms with Crippen LogP contribution in [0.5, 0.6) is 0 Å². The Morgan fingerprint density at radius 3 is 2.66 bits per heavy atom. The van der Waals surface area contributed by atoms with Gasteiger partial charge in [0.2, 0.25) is 5.95 Å². The van der Waals surface area contributed by atoms with E-state index in [4.69, 9.17) is 0 Å². The second kappa shape index (κ2) is 9.80. The number of nitrogens with zero attached hydrogens (tertiary/aromatic N) is 4. The van der Waals surface area contributed by atoms with Gasteiger partial charge in [0.05, 0.1) is 17.0 Å². The van der Waals surface area contributed by atoms with E-state index in [1.165, 1.54) is 11.3 Å². The van der Waals surface area contributed by atoms with E-state index in [0.717, 1.165) is 28.3 Å². The van der Waals surface area contributed by atoms with Gasteiger partial charge >= 0.3 is 12.1 Å². The number of anilines is 2. The van der Waals surface area contributed by atoms with Crippen LogP contribution in [0, 0.1) is 11.8 Å². The lowest BCUT2D eigenvalue weighted by Crippen LogP contribution is -2.38. The zero-order chi connectivity index (χ0) is 27.1. The van der Waals surface area contributed by atoms with Crippen LogP contribution in [-0.2, 0) is 16.6 Å². The molecule has 3 aromatic heterocycles. The van der Waals surface area contributed by atoms with Crippen LogP contribution in [0.4, 0.5) is 24.8 Å². The minimum atomic E-state index is -4.61. The highest BCUT2D eigenvalue weighted by atomic mass is 32.1. The first-order chi connectivity index (χ1) is 18.0. The van der Waals surface area contributed by atoms with E-state index in [9.17, 15) is 28.2 Å². The van der Waals surface area contributed by atoms with Gasteiger partial charge in [-0.15, -0.1) is 11.3 Å². The predicted molar refractivity (Wildman–Crippen MR) is 133 cm³/mol. The van der Waals surface area contributed by atoms with Crippen molar-refractivity contribution in [2.75, 3.05) is 5.32 Å². The van der Waals surface area contributed by atoms with Crippen LogP contribution in [0.3, 0.4) is 0 Å². The van der Waals surface area contributed by atoms with Gasteiger partial charge in [0.25, 0.3) is 0 Å². The largest absolute Gasteiger partial charge is 0.481 e. The molecular formula is C25H23F3N6O3S. The standard InChI is InChI=1S/C25H23F3N6O3S/c1-13-9-24(37,4-2-18(13)21(35)36)22-30-12-19(38-22)15-6-14(16-10-31-32-11-16)7-17(8-15)33-23-29-5-3-20(34-23)25(26,27)28/h3,5-8,10-13,18,37H,2,4,9H2,1H3,(H,31,32)(H,35,36)(H,29,33,34)/t13?,18?,24-/m0/s1. The van der Waals surface area contributed by atoms with Crippen molar-refractivity contribution in [3.63, 3.8) is 0 Å². The van der Waals surface area contributed by atoms with Gasteiger partial charge in [-0.1, -0.05) is 6.92 Å². The van der Waals surface area contributed by atoms with E-state index in [2.05, 4.69) is 30.5 Å². The number of nitrogens with one attached hydrogen (secondary N) is 2. The van der Waals surface area contributed by atoms with Gasteiger partial charge < -0.3 is 15.5 Å². The highest BCUT2D eigenvalue weighted by Crippen LogP contribution is 2.45. The van der Waals surface area contributed by atoms with Crippen molar-refractivity contribution in [1.29, 1.82) is 0 Å². The number of rotatable bonds is 6. The van der Waals surface area contributed by atoms with E-state index in [-0.39, 0.29) is 24.7 Å². The maximum absolute atomic E-state index is 13.1. The Morgan fingerprint density at radius 1 is 1.18 bits per heavy atom. The number of hydrogen-bond acceptors (Lipinski definition) is 8. The number of hydrogen-bond donors (Lipinski definition) is 4. The zero-order valence-corrected chi connectivity index (χ0v) is 20.8. The first-order valence-electron chi connectivity index (χ1n) is 11.8. The summed E-state index contributed by atoms with van der Waals surface area (Å²) in [5, 5.41) is 30.8. The van der Waals surface area contributed by atoms with Crippen molar-refractivity contribution in [2.45, 2.75) is 38.0 Å². The smallest absolute Gasteiger partial charge is 0.433 e. The molecule has 3 heterocycles. The normalized spacial score (nSPS) is 21.8. The average Bonchev–Trinajstić information content (AvgIpc) is 3.56. The number of carbonyl (C=O) groups is 1. The third kappa shape index (κ3) is 5.24. The molecule has 4 N–H and O–H groups in total. The van der Waals surface area contributed by atoms with Crippen molar-refractivity contribution in [2.24, 2.45) is 11.8 Å². The van der Waals surface area contributed by atoms with E-state index in [1.54, 1.807) is 30.7 Å². The van der Waals surface area contributed by atoms with Crippen LogP contribution in [-0.4, -0.2) is 41.3 Å². The summed E-state index contributed by atoms with van der Waals surface area (Å²) < 4.78 is 39.4. The van der Waals surface area contributed by atoms with Gasteiger partial charge in [-0.2, -0.15) is 18.3 Å². The van der Waals surface area contributed by atoms with E-state index in [0.29, 0.717) is 22.7 Å². The Kier molecular flexibility index (Phi) is 6.65. The Hall–Kier alpha value is -3.84. The molecule has 1 aromatic carbocycles. The molecule has 0 spiro atoms. The van der Waals surface area contributed by atoms with Crippen LogP contribution in [0.25, 0.3) is 21.6 Å². The van der Waals surface area contributed by atoms with Gasteiger partial charge in [-0.25, -0.2) is 15.0 Å². The number of H-pyrrole nitrogens is 1. The predicted octanol–water partition coefficient (Wildman–Crippen LogP) is 5.46. The van der Waals surface area contributed by atoms with E-state index >= 15 is 0 Å². The van der Waals surface area contributed by atoms with Crippen molar-refractivity contribution in [3.05, 3.63) is 59.8 Å². The van der Waals surface area contributed by atoms with Crippen molar-refractivity contribution >= 4 is 28.9 Å². The Balaban J connectivity index is 1.48. The molecule has 1 saturated carbocycles. The van der Waals surface area contributed by atoms with Gasteiger partial charge in [-0.05, 0) is 60.6 Å². The third-order valence-corrected chi connectivity index (χ3v) is 7.93. The molecule has 13 heteroatoms. The molecule has 0 amide bonds. The number of thiazole rings is 1. The molecule has 1 aliphatic rings. The van der Waals surface area contributed by atoms with Gasteiger partial charge in [-0.3, -0.25) is 9.89 Å². The van der Waals surface area contributed by atoms with Crippen molar-refractivity contribution in [1.82, 2.24) is 25.1 Å². The summed E-state index contributed by atoms with van der Waals surface area (Å²) in [5.41, 5.74) is 0.344. The number of aliphatic hydroxyl groups is 1. The van der Waals surface area contributed by atoms with Crippen molar-refractivity contribution < 1.29 is 28.2 Å². The molecule has 198 valence electrons. The molecule has 0 bridgehead atoms. The lowest BCUT2D eigenvalue weighted by molar-refractivity contribution is -0.148. The second-order valence-corrected chi connectivity index (χ2v) is 10.4. The minimum Gasteiger partial charge on any atom is -0.481 e. The maximum Gasteiger partial charge on any atom is 0.433 e. The first kappa shape index (κ1) is 25.8. The fraction of sp³-hybridized carbons (Fsp3) is 0.320.